The first-order valence-corrected chi connectivity index (χ1v) is 5.47. The number of nitrogens with zero attached hydrogens (tertiary/aromatic N) is 1. The average Bonchev–Trinajstić information content (AvgIpc) is 2.54. The molecule has 1 atom stereocenters. The Labute approximate surface area is 86.4 Å². The Hall–Kier alpha value is 0.01000. The molecule has 1 aliphatic heterocycles. The van der Waals surface area contributed by atoms with Gasteiger partial charge in [0.1, 0.15) is 0 Å². The molecule has 0 aromatic carbocycles. The molecule has 0 N–H and O–H groups in total. The van der Waals surface area contributed by atoms with Crippen molar-refractivity contribution in [3.63, 3.8) is 0 Å². The highest BCUT2D eigenvalue weighted by atomic mass is 32.1. The predicted octanol–water partition coefficient (Wildman–Crippen LogP) is 1.44. The van der Waals surface area contributed by atoms with Crippen LogP contribution in [-0.2, 0) is 4.74 Å². The first-order chi connectivity index (χ1) is 6.36. The Morgan fingerprint density at radius 3 is 3.08 bits per heavy atom. The fourth-order valence-electron chi connectivity index (χ4n) is 1.75. The molecule has 1 heterocycles. The molecule has 0 saturated carbocycles. The smallest absolute Gasteiger partial charge is 0.0503 e. The number of thiol groups is 1. The topological polar surface area (TPSA) is 12.5 Å². The summed E-state index contributed by atoms with van der Waals surface area (Å²) in [6.45, 7) is 4.38. The highest BCUT2D eigenvalue weighted by Crippen LogP contribution is 2.15. The number of rotatable bonds is 5. The summed E-state index contributed by atoms with van der Waals surface area (Å²) in [5.74, 6) is 1.59. The van der Waals surface area contributed by atoms with Crippen molar-refractivity contribution in [1.29, 1.82) is 0 Å². The lowest BCUT2D eigenvalue weighted by molar-refractivity contribution is 0.154. The maximum Gasteiger partial charge on any atom is 0.0503 e. The van der Waals surface area contributed by atoms with Crippen LogP contribution in [0.4, 0.5) is 0 Å². The van der Waals surface area contributed by atoms with E-state index in [1.807, 2.05) is 0 Å². The van der Waals surface area contributed by atoms with Gasteiger partial charge in [0.05, 0.1) is 6.61 Å². The third-order valence-electron chi connectivity index (χ3n) is 2.41. The van der Waals surface area contributed by atoms with Crippen LogP contribution in [0.15, 0.2) is 12.2 Å². The van der Waals surface area contributed by atoms with Crippen LogP contribution in [0.3, 0.4) is 0 Å². The summed E-state index contributed by atoms with van der Waals surface area (Å²) in [7, 11) is 1.78. The molecule has 1 saturated heterocycles. The summed E-state index contributed by atoms with van der Waals surface area (Å²) < 4.78 is 5.14. The van der Waals surface area contributed by atoms with E-state index in [1.54, 1.807) is 7.11 Å². The lowest BCUT2D eigenvalue weighted by Gasteiger charge is -2.12. The van der Waals surface area contributed by atoms with Gasteiger partial charge in [-0.15, -0.1) is 0 Å². The average molecular weight is 201 g/mol. The van der Waals surface area contributed by atoms with Crippen molar-refractivity contribution in [3.8, 4) is 0 Å². The number of methoxy groups -OCH3 is 1. The predicted molar refractivity (Wildman–Crippen MR) is 59.4 cm³/mol. The Morgan fingerprint density at radius 2 is 2.38 bits per heavy atom. The molecular weight excluding hydrogens is 182 g/mol. The van der Waals surface area contributed by atoms with Crippen molar-refractivity contribution in [2.75, 3.05) is 39.1 Å². The van der Waals surface area contributed by atoms with E-state index in [9.17, 15) is 0 Å². The monoisotopic (exact) mass is 201 g/mol. The second-order valence-electron chi connectivity index (χ2n) is 3.52. The first kappa shape index (κ1) is 11.1. The summed E-state index contributed by atoms with van der Waals surface area (Å²) in [5.41, 5.74) is 0. The van der Waals surface area contributed by atoms with E-state index >= 15 is 0 Å². The summed E-state index contributed by atoms with van der Waals surface area (Å²) in [6, 6.07) is 0. The molecule has 0 aromatic heterocycles. The SMILES string of the molecule is COCC1CCN(CC=CCS)C1. The van der Waals surface area contributed by atoms with Crippen molar-refractivity contribution in [2.45, 2.75) is 6.42 Å². The van der Waals surface area contributed by atoms with Crippen molar-refractivity contribution < 1.29 is 4.74 Å². The highest BCUT2D eigenvalue weighted by Gasteiger charge is 2.20. The van der Waals surface area contributed by atoms with Gasteiger partial charge in [-0.25, -0.2) is 0 Å². The maximum atomic E-state index is 5.14. The normalized spacial score (nSPS) is 24.6. The summed E-state index contributed by atoms with van der Waals surface area (Å²) >= 11 is 4.12. The highest BCUT2D eigenvalue weighted by molar-refractivity contribution is 7.80. The van der Waals surface area contributed by atoms with Gasteiger partial charge in [0.25, 0.3) is 0 Å². The molecule has 0 bridgehead atoms. The molecule has 0 amide bonds. The quantitative estimate of drug-likeness (QED) is 0.534. The molecule has 13 heavy (non-hydrogen) atoms. The van der Waals surface area contributed by atoms with Crippen molar-refractivity contribution >= 4 is 12.6 Å². The fourth-order valence-corrected chi connectivity index (χ4v) is 1.90. The van der Waals surface area contributed by atoms with Gasteiger partial charge in [0.2, 0.25) is 0 Å². The molecule has 0 spiro atoms. The molecule has 76 valence electrons. The van der Waals surface area contributed by atoms with Crippen LogP contribution in [0.1, 0.15) is 6.42 Å². The van der Waals surface area contributed by atoms with Gasteiger partial charge < -0.3 is 4.74 Å². The Kier molecular flexibility index (Phi) is 5.51. The molecule has 0 aliphatic carbocycles. The number of ether oxygens (including phenoxy) is 1. The lowest BCUT2D eigenvalue weighted by Crippen LogP contribution is -2.21. The van der Waals surface area contributed by atoms with Gasteiger partial charge >= 0.3 is 0 Å². The first-order valence-electron chi connectivity index (χ1n) is 4.84. The van der Waals surface area contributed by atoms with Crippen LogP contribution in [0.2, 0.25) is 0 Å². The zero-order chi connectivity index (χ0) is 9.52. The van der Waals surface area contributed by atoms with E-state index in [2.05, 4.69) is 29.7 Å². The number of likely N-dealkylation sites (tertiary alicyclic amines) is 1. The molecular formula is C10H19NOS. The molecule has 3 heteroatoms. The van der Waals surface area contributed by atoms with Crippen molar-refractivity contribution in [1.82, 2.24) is 4.90 Å². The van der Waals surface area contributed by atoms with E-state index in [0.29, 0.717) is 0 Å². The Bertz CT molecular complexity index is 161. The molecule has 0 aromatic rings. The maximum absolute atomic E-state index is 5.14. The zero-order valence-electron chi connectivity index (χ0n) is 8.28. The van der Waals surface area contributed by atoms with Gasteiger partial charge in [-0.2, -0.15) is 12.6 Å². The van der Waals surface area contributed by atoms with Crippen LogP contribution in [-0.4, -0.2) is 44.0 Å². The number of hydrogen-bond acceptors (Lipinski definition) is 3. The second-order valence-corrected chi connectivity index (χ2v) is 3.89. The minimum atomic E-state index is 0.745. The van der Waals surface area contributed by atoms with E-state index in [1.165, 1.54) is 19.5 Å². The van der Waals surface area contributed by atoms with Gasteiger partial charge in [0, 0.05) is 26.0 Å². The van der Waals surface area contributed by atoms with Crippen molar-refractivity contribution in [3.05, 3.63) is 12.2 Å². The molecule has 1 aliphatic rings. The largest absolute Gasteiger partial charge is 0.384 e. The van der Waals surface area contributed by atoms with Crippen LogP contribution < -0.4 is 0 Å². The van der Waals surface area contributed by atoms with E-state index in [0.717, 1.165) is 24.8 Å². The van der Waals surface area contributed by atoms with Crippen LogP contribution in [0, 0.1) is 5.92 Å². The second kappa shape index (κ2) is 6.46. The summed E-state index contributed by atoms with van der Waals surface area (Å²) in [5, 5.41) is 0. The van der Waals surface area contributed by atoms with E-state index < -0.39 is 0 Å². The van der Waals surface area contributed by atoms with Crippen LogP contribution in [0.5, 0.6) is 0 Å². The Morgan fingerprint density at radius 1 is 1.54 bits per heavy atom. The van der Waals surface area contributed by atoms with Gasteiger partial charge in [-0.3, -0.25) is 4.90 Å². The molecule has 1 fully saturated rings. The molecule has 0 radical (unpaired) electrons. The molecule has 1 rings (SSSR count). The van der Waals surface area contributed by atoms with E-state index in [-0.39, 0.29) is 0 Å². The summed E-state index contributed by atoms with van der Waals surface area (Å²) in [4.78, 5) is 2.46. The molecule has 1 unspecified atom stereocenters. The van der Waals surface area contributed by atoms with Crippen LogP contribution >= 0.6 is 12.6 Å². The minimum Gasteiger partial charge on any atom is -0.384 e. The van der Waals surface area contributed by atoms with Gasteiger partial charge in [0.15, 0.2) is 0 Å². The zero-order valence-corrected chi connectivity index (χ0v) is 9.17. The standard InChI is InChI=1S/C10H19NOS/c1-12-9-10-4-6-11(8-10)5-2-3-7-13/h2-3,10,13H,4-9H2,1H3. The third-order valence-corrected chi connectivity index (χ3v) is 2.62. The third kappa shape index (κ3) is 4.16. The number of hydrogen-bond donors (Lipinski definition) is 1. The molecule has 2 nitrogen and oxygen atoms in total. The van der Waals surface area contributed by atoms with Gasteiger partial charge in [-0.1, -0.05) is 12.2 Å². The van der Waals surface area contributed by atoms with Crippen LogP contribution in [0.25, 0.3) is 0 Å². The van der Waals surface area contributed by atoms with E-state index in [4.69, 9.17) is 4.74 Å². The fraction of sp³-hybridized carbons (Fsp3) is 0.800. The lowest BCUT2D eigenvalue weighted by atomic mass is 10.1. The Balaban J connectivity index is 2.13. The minimum absolute atomic E-state index is 0.745. The summed E-state index contributed by atoms with van der Waals surface area (Å²) in [6.07, 6.45) is 5.58. The van der Waals surface area contributed by atoms with Crippen molar-refractivity contribution in [2.24, 2.45) is 5.92 Å². The van der Waals surface area contributed by atoms with Gasteiger partial charge in [-0.05, 0) is 18.9 Å².